The van der Waals surface area contributed by atoms with Crippen LogP contribution in [-0.4, -0.2) is 37.9 Å². The number of nitrogens with two attached hydrogens (primary N) is 1. The van der Waals surface area contributed by atoms with Crippen molar-refractivity contribution in [3.63, 3.8) is 0 Å². The number of carbonyl (C=O) groups is 1. The summed E-state index contributed by atoms with van der Waals surface area (Å²) in [4.78, 5) is 21.6. The molecular weight excluding hydrogens is 599 g/mol. The number of ketones is 1. The molecule has 0 spiro atoms. The van der Waals surface area contributed by atoms with Crippen LogP contribution < -0.4 is 5.73 Å². The first-order chi connectivity index (χ1) is 19.1. The summed E-state index contributed by atoms with van der Waals surface area (Å²) in [6.07, 6.45) is 2.04. The summed E-state index contributed by atoms with van der Waals surface area (Å²) in [7, 11) is -4.30. The van der Waals surface area contributed by atoms with E-state index in [1.807, 2.05) is 26.0 Å². The zero-order valence-electron chi connectivity index (χ0n) is 21.3. The van der Waals surface area contributed by atoms with Crippen molar-refractivity contribution >= 4 is 59.5 Å². The van der Waals surface area contributed by atoms with E-state index < -0.39 is 21.6 Å². The number of carbonyl (C=O) groups excluding carboxylic acids is 1. The zero-order chi connectivity index (χ0) is 28.3. The van der Waals surface area contributed by atoms with Gasteiger partial charge in [0.1, 0.15) is 23.2 Å². The number of anilines is 1. The minimum Gasteiger partial charge on any atom is -0.383 e. The van der Waals surface area contributed by atoms with Crippen LogP contribution in [-0.2, 0) is 16.4 Å². The van der Waals surface area contributed by atoms with Crippen molar-refractivity contribution in [3.8, 4) is 5.69 Å². The number of nitrogens with zero attached hydrogens (tertiary/aromatic N) is 4. The van der Waals surface area contributed by atoms with Crippen molar-refractivity contribution in [2.45, 2.75) is 25.2 Å². The van der Waals surface area contributed by atoms with Crippen LogP contribution in [0, 0.1) is 12.7 Å². The number of nitrogen functional groups attached to an aromatic ring is 1. The van der Waals surface area contributed by atoms with Gasteiger partial charge in [-0.15, -0.1) is 0 Å². The molecule has 40 heavy (non-hydrogen) atoms. The number of benzene rings is 3. The topological polar surface area (TPSA) is 129 Å². The van der Waals surface area contributed by atoms with E-state index in [-0.39, 0.29) is 32.0 Å². The molecule has 0 unspecified atom stereocenters. The normalized spacial score (nSPS) is 12.0. The van der Waals surface area contributed by atoms with E-state index in [0.29, 0.717) is 11.1 Å². The molecule has 0 aliphatic rings. The van der Waals surface area contributed by atoms with Crippen LogP contribution in [0.15, 0.2) is 76.2 Å². The molecule has 0 saturated carbocycles. The Morgan fingerprint density at radius 3 is 2.58 bits per heavy atom. The van der Waals surface area contributed by atoms with Crippen LogP contribution in [0.4, 0.5) is 10.2 Å². The number of hydrogen-bond donors (Lipinski definition) is 2. The fourth-order valence-corrected chi connectivity index (χ4v) is 6.50. The highest BCUT2D eigenvalue weighted by atomic mass is 79.9. The van der Waals surface area contributed by atoms with Crippen LogP contribution in [0.5, 0.6) is 0 Å². The summed E-state index contributed by atoms with van der Waals surface area (Å²) in [5, 5.41) is 4.67. The molecule has 0 aliphatic carbocycles. The van der Waals surface area contributed by atoms with Crippen LogP contribution >= 0.6 is 15.9 Å². The molecule has 0 aliphatic heterocycles. The van der Waals surface area contributed by atoms with Crippen molar-refractivity contribution in [2.75, 3.05) is 5.73 Å². The number of aromatic nitrogens is 5. The summed E-state index contributed by atoms with van der Waals surface area (Å²) in [5.74, 6) is -0.487. The number of hydrogen-bond acceptors (Lipinski definition) is 6. The zero-order valence-corrected chi connectivity index (χ0v) is 23.7. The molecule has 3 aromatic heterocycles. The molecule has 3 N–H and O–H groups in total. The second-order valence-corrected chi connectivity index (χ2v) is 12.0. The van der Waals surface area contributed by atoms with Gasteiger partial charge in [-0.25, -0.2) is 26.4 Å². The minimum atomic E-state index is -4.30. The third kappa shape index (κ3) is 4.11. The van der Waals surface area contributed by atoms with Crippen molar-refractivity contribution in [3.05, 3.63) is 99.8 Å². The van der Waals surface area contributed by atoms with Gasteiger partial charge < -0.3 is 10.7 Å². The second-order valence-electron chi connectivity index (χ2n) is 9.36. The van der Waals surface area contributed by atoms with E-state index in [0.717, 1.165) is 38.9 Å². The Bertz CT molecular complexity index is 2080. The largest absolute Gasteiger partial charge is 0.383 e. The standard InChI is InChI=1S/C28H22BrFN6O3S/c1-3-26-33-22-9-6-17(12-23(22)34-26)35-28(31)19(14-32-35)27(37)25-11-16-10-20(29)21(30)13-24(16)36(25)40(38,39)18-7-4-15(2)5-8-18/h4-14H,3,31H2,1-2H3,(H,33,34). The molecule has 0 amide bonds. The lowest BCUT2D eigenvalue weighted by molar-refractivity contribution is 0.103. The molecule has 3 heterocycles. The average molecular weight is 621 g/mol. The quantitative estimate of drug-likeness (QED) is 0.236. The lowest BCUT2D eigenvalue weighted by atomic mass is 10.1. The molecule has 9 nitrogen and oxygen atoms in total. The number of imidazole rings is 1. The number of halogens is 2. The molecule has 6 aromatic rings. The molecule has 3 aromatic carbocycles. The number of aryl methyl sites for hydroxylation is 2. The molecular formula is C28H22BrFN6O3S. The Morgan fingerprint density at radius 1 is 1.10 bits per heavy atom. The number of aromatic amines is 1. The van der Waals surface area contributed by atoms with Crippen molar-refractivity contribution in [1.29, 1.82) is 0 Å². The first-order valence-corrected chi connectivity index (χ1v) is 14.5. The van der Waals surface area contributed by atoms with Crippen LogP contribution in [0.2, 0.25) is 0 Å². The molecule has 0 fully saturated rings. The van der Waals surface area contributed by atoms with Gasteiger partial charge >= 0.3 is 0 Å². The molecule has 6 rings (SSSR count). The summed E-state index contributed by atoms with van der Waals surface area (Å²) < 4.78 is 44.7. The van der Waals surface area contributed by atoms with Crippen LogP contribution in [0.1, 0.15) is 34.4 Å². The van der Waals surface area contributed by atoms with E-state index in [1.54, 1.807) is 18.2 Å². The predicted octanol–water partition coefficient (Wildman–Crippen LogP) is 5.53. The maximum absolute atomic E-state index is 14.6. The van der Waals surface area contributed by atoms with Gasteiger partial charge in [0.25, 0.3) is 10.0 Å². The Hall–Kier alpha value is -4.29. The van der Waals surface area contributed by atoms with Gasteiger partial charge in [-0.1, -0.05) is 24.6 Å². The molecule has 12 heteroatoms. The number of fused-ring (bicyclic) bond motifs is 2. The molecule has 0 atom stereocenters. The van der Waals surface area contributed by atoms with Crippen molar-refractivity contribution in [2.24, 2.45) is 0 Å². The number of rotatable bonds is 6. The Kier molecular flexibility index (Phi) is 6.11. The summed E-state index contributed by atoms with van der Waals surface area (Å²) in [5.41, 5.74) is 9.25. The first-order valence-electron chi connectivity index (χ1n) is 12.3. The fourth-order valence-electron chi connectivity index (χ4n) is 4.64. The predicted molar refractivity (Wildman–Crippen MR) is 154 cm³/mol. The molecule has 0 radical (unpaired) electrons. The number of nitrogens with one attached hydrogen (secondary N) is 1. The maximum Gasteiger partial charge on any atom is 0.268 e. The second kappa shape index (κ2) is 9.42. The van der Waals surface area contributed by atoms with E-state index >= 15 is 0 Å². The third-order valence-electron chi connectivity index (χ3n) is 6.74. The van der Waals surface area contributed by atoms with E-state index in [2.05, 4.69) is 31.0 Å². The Morgan fingerprint density at radius 2 is 1.85 bits per heavy atom. The van der Waals surface area contributed by atoms with Crippen molar-refractivity contribution < 1.29 is 17.6 Å². The summed E-state index contributed by atoms with van der Waals surface area (Å²) >= 11 is 3.14. The highest BCUT2D eigenvalue weighted by Gasteiger charge is 2.30. The van der Waals surface area contributed by atoms with E-state index in [9.17, 15) is 17.6 Å². The van der Waals surface area contributed by atoms with Gasteiger partial charge in [0.15, 0.2) is 0 Å². The summed E-state index contributed by atoms with van der Waals surface area (Å²) in [6, 6.07) is 15.5. The highest BCUT2D eigenvalue weighted by molar-refractivity contribution is 9.10. The fraction of sp³-hybridized carbons (Fsp3) is 0.107. The minimum absolute atomic E-state index is 0.00153. The van der Waals surface area contributed by atoms with Gasteiger partial charge in [-0.3, -0.25) is 4.79 Å². The summed E-state index contributed by atoms with van der Waals surface area (Å²) in [6.45, 7) is 3.82. The highest BCUT2D eigenvalue weighted by Crippen LogP contribution is 2.32. The Labute approximate surface area is 236 Å². The van der Waals surface area contributed by atoms with E-state index in [4.69, 9.17) is 5.73 Å². The molecule has 202 valence electrons. The average Bonchev–Trinajstić information content (AvgIpc) is 3.63. The monoisotopic (exact) mass is 620 g/mol. The first kappa shape index (κ1) is 26.0. The van der Waals surface area contributed by atoms with Gasteiger partial charge in [0.2, 0.25) is 5.78 Å². The lowest BCUT2D eigenvalue weighted by Gasteiger charge is -2.12. The van der Waals surface area contributed by atoms with Crippen LogP contribution in [0.3, 0.4) is 0 Å². The third-order valence-corrected chi connectivity index (χ3v) is 9.09. The van der Waals surface area contributed by atoms with Gasteiger partial charge in [-0.2, -0.15) is 5.10 Å². The number of H-pyrrole nitrogens is 1. The Balaban J connectivity index is 1.51. The van der Waals surface area contributed by atoms with Gasteiger partial charge in [0.05, 0.1) is 43.4 Å². The smallest absolute Gasteiger partial charge is 0.268 e. The van der Waals surface area contributed by atoms with E-state index in [1.165, 1.54) is 35.1 Å². The lowest BCUT2D eigenvalue weighted by Crippen LogP contribution is -2.19. The van der Waals surface area contributed by atoms with Crippen molar-refractivity contribution in [1.82, 2.24) is 23.7 Å². The van der Waals surface area contributed by atoms with Crippen LogP contribution in [0.25, 0.3) is 27.6 Å². The van der Waals surface area contributed by atoms with Gasteiger partial charge in [0, 0.05) is 17.9 Å². The molecule has 0 bridgehead atoms. The SMILES string of the molecule is CCc1nc2ccc(-n3ncc(C(=O)c4cc5cc(Br)c(F)cc5n4S(=O)(=O)c4ccc(C)cc4)c3N)cc2[nH]1. The molecule has 0 saturated heterocycles. The maximum atomic E-state index is 14.6. The van der Waals surface area contributed by atoms with Gasteiger partial charge in [-0.05, 0) is 65.3 Å².